The fourth-order valence-electron chi connectivity index (χ4n) is 3.37. The smallest absolute Gasteiger partial charge is 0.244 e. The Balaban J connectivity index is 2.43. The number of anilines is 1. The fourth-order valence-corrected chi connectivity index (χ4v) is 4.46. The van der Waals surface area contributed by atoms with E-state index in [1.165, 1.54) is 11.9 Å². The molecule has 0 saturated heterocycles. The van der Waals surface area contributed by atoms with Gasteiger partial charge in [-0.25, -0.2) is 8.42 Å². The van der Waals surface area contributed by atoms with Gasteiger partial charge in [-0.15, -0.1) is 0 Å². The average molecular weight is 524 g/mol. The molecule has 0 spiro atoms. The summed E-state index contributed by atoms with van der Waals surface area (Å²) >= 11 is 3.41. The number of nitrogens with zero attached hydrogens (tertiary/aromatic N) is 2. The Labute approximate surface area is 199 Å². The van der Waals surface area contributed by atoms with E-state index < -0.39 is 28.5 Å². The van der Waals surface area contributed by atoms with Crippen molar-refractivity contribution in [2.45, 2.75) is 39.8 Å². The second-order valence-electron chi connectivity index (χ2n) is 7.75. The van der Waals surface area contributed by atoms with Gasteiger partial charge in [-0.05, 0) is 49.6 Å². The SMILES string of the molecule is CC[C@H](C(=O)NC)N(Cc1ccc(C)cc1)C(=O)CN(c1ccc(Br)c(C)c1)S(C)(=O)=O. The summed E-state index contributed by atoms with van der Waals surface area (Å²) in [7, 11) is -2.22. The van der Waals surface area contributed by atoms with Crippen LogP contribution in [0.1, 0.15) is 30.0 Å². The number of sulfonamides is 1. The minimum atomic E-state index is -3.74. The summed E-state index contributed by atoms with van der Waals surface area (Å²) in [4.78, 5) is 27.4. The Morgan fingerprint density at radius 1 is 1.09 bits per heavy atom. The molecule has 0 bridgehead atoms. The van der Waals surface area contributed by atoms with E-state index in [2.05, 4.69) is 21.2 Å². The second kappa shape index (κ2) is 11.0. The first-order valence-electron chi connectivity index (χ1n) is 10.3. The number of rotatable bonds is 9. The van der Waals surface area contributed by atoms with Crippen molar-refractivity contribution in [2.75, 3.05) is 24.2 Å². The monoisotopic (exact) mass is 523 g/mol. The number of benzene rings is 2. The maximum Gasteiger partial charge on any atom is 0.244 e. The first kappa shape index (κ1) is 25.9. The lowest BCUT2D eigenvalue weighted by atomic mass is 10.1. The van der Waals surface area contributed by atoms with E-state index in [0.29, 0.717) is 12.1 Å². The van der Waals surface area contributed by atoms with Crippen LogP contribution in [0.4, 0.5) is 5.69 Å². The van der Waals surface area contributed by atoms with Gasteiger partial charge < -0.3 is 10.2 Å². The Morgan fingerprint density at radius 3 is 2.22 bits per heavy atom. The molecule has 0 aliphatic carbocycles. The molecule has 0 aliphatic heterocycles. The minimum absolute atomic E-state index is 0.196. The molecule has 0 heterocycles. The lowest BCUT2D eigenvalue weighted by Gasteiger charge is -2.32. The van der Waals surface area contributed by atoms with E-state index >= 15 is 0 Å². The zero-order valence-electron chi connectivity index (χ0n) is 19.1. The van der Waals surface area contributed by atoms with E-state index in [-0.39, 0.29) is 12.5 Å². The number of carbonyl (C=O) groups excluding carboxylic acids is 2. The molecule has 174 valence electrons. The van der Waals surface area contributed by atoms with Crippen molar-refractivity contribution >= 4 is 43.5 Å². The van der Waals surface area contributed by atoms with Crippen LogP contribution in [-0.2, 0) is 26.2 Å². The Kier molecular flexibility index (Phi) is 8.86. The van der Waals surface area contributed by atoms with Gasteiger partial charge in [0.1, 0.15) is 12.6 Å². The van der Waals surface area contributed by atoms with E-state index in [1.54, 1.807) is 18.2 Å². The number of amides is 2. The highest BCUT2D eigenvalue weighted by Gasteiger charge is 2.31. The summed E-state index contributed by atoms with van der Waals surface area (Å²) in [6, 6.07) is 12.1. The predicted octanol–water partition coefficient (Wildman–Crippen LogP) is 3.39. The van der Waals surface area contributed by atoms with Crippen molar-refractivity contribution in [1.82, 2.24) is 10.2 Å². The number of carbonyl (C=O) groups is 2. The highest BCUT2D eigenvalue weighted by atomic mass is 79.9. The highest BCUT2D eigenvalue weighted by molar-refractivity contribution is 9.10. The van der Waals surface area contributed by atoms with Crippen molar-refractivity contribution in [2.24, 2.45) is 0 Å². The molecule has 0 aliphatic rings. The largest absolute Gasteiger partial charge is 0.357 e. The molecular weight excluding hydrogens is 494 g/mol. The molecule has 0 fully saturated rings. The molecule has 7 nitrogen and oxygen atoms in total. The topological polar surface area (TPSA) is 86.8 Å². The van der Waals surface area contributed by atoms with Crippen molar-refractivity contribution in [3.63, 3.8) is 0 Å². The number of hydrogen-bond acceptors (Lipinski definition) is 4. The molecule has 0 saturated carbocycles. The van der Waals surface area contributed by atoms with Gasteiger partial charge in [-0.2, -0.15) is 0 Å². The zero-order valence-corrected chi connectivity index (χ0v) is 21.5. The zero-order chi connectivity index (χ0) is 24.1. The molecule has 1 N–H and O–H groups in total. The molecule has 2 rings (SSSR count). The van der Waals surface area contributed by atoms with Gasteiger partial charge in [0.25, 0.3) is 0 Å². The highest BCUT2D eigenvalue weighted by Crippen LogP contribution is 2.25. The molecule has 0 unspecified atom stereocenters. The van der Waals surface area contributed by atoms with Crippen LogP contribution in [0.2, 0.25) is 0 Å². The van der Waals surface area contributed by atoms with Crippen LogP contribution in [0.15, 0.2) is 46.9 Å². The lowest BCUT2D eigenvalue weighted by molar-refractivity contribution is -0.140. The van der Waals surface area contributed by atoms with Gasteiger partial charge in [0, 0.05) is 18.1 Å². The summed E-state index contributed by atoms with van der Waals surface area (Å²) in [5.41, 5.74) is 3.18. The van der Waals surface area contributed by atoms with Gasteiger partial charge in [-0.1, -0.05) is 52.7 Å². The summed E-state index contributed by atoms with van der Waals surface area (Å²) in [5, 5.41) is 2.61. The lowest BCUT2D eigenvalue weighted by Crippen LogP contribution is -2.51. The van der Waals surface area contributed by atoms with Crippen LogP contribution < -0.4 is 9.62 Å². The van der Waals surface area contributed by atoms with Crippen LogP contribution in [0, 0.1) is 13.8 Å². The average Bonchev–Trinajstić information content (AvgIpc) is 2.74. The van der Waals surface area contributed by atoms with Crippen molar-refractivity contribution < 1.29 is 18.0 Å². The quantitative estimate of drug-likeness (QED) is 0.545. The normalized spacial score (nSPS) is 12.2. The summed E-state index contributed by atoms with van der Waals surface area (Å²) in [5.74, 6) is -0.745. The van der Waals surface area contributed by atoms with Crippen LogP contribution in [0.25, 0.3) is 0 Å². The van der Waals surface area contributed by atoms with Crippen LogP contribution in [-0.4, -0.2) is 51.0 Å². The maximum absolute atomic E-state index is 13.4. The third kappa shape index (κ3) is 6.56. The van der Waals surface area contributed by atoms with E-state index in [9.17, 15) is 18.0 Å². The third-order valence-electron chi connectivity index (χ3n) is 5.21. The third-order valence-corrected chi connectivity index (χ3v) is 7.24. The molecule has 9 heteroatoms. The molecule has 2 aromatic rings. The number of nitrogens with one attached hydrogen (secondary N) is 1. The predicted molar refractivity (Wildman–Crippen MR) is 131 cm³/mol. The first-order chi connectivity index (χ1) is 15.0. The van der Waals surface area contributed by atoms with E-state index in [4.69, 9.17) is 0 Å². The van der Waals surface area contributed by atoms with Gasteiger partial charge in [0.2, 0.25) is 21.8 Å². The Hall–Kier alpha value is -2.39. The van der Waals surface area contributed by atoms with Crippen LogP contribution in [0.5, 0.6) is 0 Å². The first-order valence-corrected chi connectivity index (χ1v) is 12.9. The van der Waals surface area contributed by atoms with E-state index in [0.717, 1.165) is 31.7 Å². The summed E-state index contributed by atoms with van der Waals surface area (Å²) in [6.07, 6.45) is 1.46. The number of halogens is 1. The van der Waals surface area contributed by atoms with Gasteiger partial charge in [0.15, 0.2) is 0 Å². The van der Waals surface area contributed by atoms with E-state index in [1.807, 2.05) is 45.0 Å². The summed E-state index contributed by atoms with van der Waals surface area (Å²) < 4.78 is 27.1. The maximum atomic E-state index is 13.4. The van der Waals surface area contributed by atoms with Crippen molar-refractivity contribution in [1.29, 1.82) is 0 Å². The van der Waals surface area contributed by atoms with Crippen molar-refractivity contribution in [3.8, 4) is 0 Å². The molecule has 0 aromatic heterocycles. The Bertz CT molecular complexity index is 1070. The molecule has 2 aromatic carbocycles. The van der Waals surface area contributed by atoms with Gasteiger partial charge in [0.05, 0.1) is 11.9 Å². The molecule has 32 heavy (non-hydrogen) atoms. The van der Waals surface area contributed by atoms with Crippen LogP contribution >= 0.6 is 15.9 Å². The van der Waals surface area contributed by atoms with Gasteiger partial charge >= 0.3 is 0 Å². The van der Waals surface area contributed by atoms with Crippen LogP contribution in [0.3, 0.4) is 0 Å². The fraction of sp³-hybridized carbons (Fsp3) is 0.391. The summed E-state index contributed by atoms with van der Waals surface area (Å²) in [6.45, 7) is 5.43. The molecule has 2 amide bonds. The van der Waals surface area contributed by atoms with Gasteiger partial charge in [-0.3, -0.25) is 13.9 Å². The number of aryl methyl sites for hydroxylation is 2. The van der Waals surface area contributed by atoms with Crippen molar-refractivity contribution in [3.05, 3.63) is 63.6 Å². The molecular formula is C23H30BrN3O4S. The minimum Gasteiger partial charge on any atom is -0.357 e. The Morgan fingerprint density at radius 2 is 1.72 bits per heavy atom. The molecule has 1 atom stereocenters. The molecule has 0 radical (unpaired) electrons. The second-order valence-corrected chi connectivity index (χ2v) is 10.5. The number of likely N-dealkylation sites (N-methyl/N-ethyl adjacent to an activating group) is 1. The number of hydrogen-bond donors (Lipinski definition) is 1. The standard InChI is InChI=1S/C23H30BrN3O4S/c1-6-21(23(29)25-4)26(14-18-9-7-16(2)8-10-18)22(28)15-27(32(5,30)31)19-11-12-20(24)17(3)13-19/h7-13,21H,6,14-15H2,1-5H3,(H,25,29)/t21-/m1/s1.